The molecule has 0 aliphatic rings. The van der Waals surface area contributed by atoms with E-state index in [-0.39, 0.29) is 0 Å². The molecule has 0 saturated heterocycles. The van der Waals surface area contributed by atoms with Crippen molar-refractivity contribution in [3.8, 4) is 5.75 Å². The zero-order chi connectivity index (χ0) is 12.8. The minimum atomic E-state index is 0.691. The van der Waals surface area contributed by atoms with Crippen LogP contribution in [0.2, 0.25) is 0 Å². The molecule has 4 heteroatoms. The van der Waals surface area contributed by atoms with Crippen molar-refractivity contribution in [3.05, 3.63) is 53.0 Å². The molecule has 2 N–H and O–H groups in total. The molecule has 2 aromatic carbocycles. The van der Waals surface area contributed by atoms with Gasteiger partial charge in [-0.3, -0.25) is 0 Å². The highest BCUT2D eigenvalue weighted by atomic mass is 79.9. The lowest BCUT2D eigenvalue weighted by Gasteiger charge is -2.06. The first-order valence-electron chi connectivity index (χ1n) is 5.61. The molecule has 0 aliphatic carbocycles. The monoisotopic (exact) mass is 323 g/mol. The summed E-state index contributed by atoms with van der Waals surface area (Å²) < 4.78 is 6.70. The zero-order valence-electron chi connectivity index (χ0n) is 9.80. The average molecular weight is 324 g/mol. The van der Waals surface area contributed by atoms with Crippen molar-refractivity contribution >= 4 is 33.4 Å². The maximum atomic E-state index is 5.64. The number of hydrogen-bond donors (Lipinski definition) is 1. The van der Waals surface area contributed by atoms with Crippen LogP contribution in [0.4, 0.5) is 5.69 Å². The van der Waals surface area contributed by atoms with Gasteiger partial charge in [0, 0.05) is 20.8 Å². The van der Waals surface area contributed by atoms with Crippen LogP contribution in [0, 0.1) is 0 Å². The summed E-state index contributed by atoms with van der Waals surface area (Å²) in [6.45, 7) is 0.691. The van der Waals surface area contributed by atoms with E-state index < -0.39 is 0 Å². The molecule has 18 heavy (non-hydrogen) atoms. The van der Waals surface area contributed by atoms with Crippen LogP contribution in [0.3, 0.4) is 0 Å². The number of ether oxygens (including phenoxy) is 1. The highest BCUT2D eigenvalue weighted by Gasteiger charge is 1.96. The van der Waals surface area contributed by atoms with E-state index in [0.717, 1.165) is 21.7 Å². The third kappa shape index (κ3) is 4.27. The molecule has 94 valence electrons. The van der Waals surface area contributed by atoms with Crippen LogP contribution in [0.15, 0.2) is 57.9 Å². The summed E-state index contributed by atoms with van der Waals surface area (Å²) in [5.74, 6) is 1.82. The molecule has 0 aliphatic heterocycles. The summed E-state index contributed by atoms with van der Waals surface area (Å²) >= 11 is 5.16. The van der Waals surface area contributed by atoms with Gasteiger partial charge in [0.1, 0.15) is 5.75 Å². The molecular weight excluding hydrogens is 310 g/mol. The smallest absolute Gasteiger partial charge is 0.119 e. The molecule has 2 rings (SSSR count). The summed E-state index contributed by atoms with van der Waals surface area (Å²) in [5.41, 5.74) is 6.43. The van der Waals surface area contributed by atoms with Crippen molar-refractivity contribution in [1.29, 1.82) is 0 Å². The number of thioether (sulfide) groups is 1. The van der Waals surface area contributed by atoms with Gasteiger partial charge >= 0.3 is 0 Å². The quantitative estimate of drug-likeness (QED) is 0.508. The van der Waals surface area contributed by atoms with Crippen LogP contribution in [0.25, 0.3) is 0 Å². The summed E-state index contributed by atoms with van der Waals surface area (Å²) in [6.07, 6.45) is 0. The third-order valence-corrected chi connectivity index (χ3v) is 3.82. The van der Waals surface area contributed by atoms with Gasteiger partial charge in [-0.2, -0.15) is 0 Å². The molecule has 0 amide bonds. The zero-order valence-corrected chi connectivity index (χ0v) is 12.2. The first kappa shape index (κ1) is 13.3. The molecular formula is C14H14BrNOS. The van der Waals surface area contributed by atoms with Crippen LogP contribution < -0.4 is 10.5 Å². The molecule has 0 spiro atoms. The second-order valence-corrected chi connectivity index (χ2v) is 5.80. The number of nitrogens with two attached hydrogens (primary N) is 1. The Kier molecular flexibility index (Phi) is 4.96. The van der Waals surface area contributed by atoms with E-state index >= 15 is 0 Å². The Balaban J connectivity index is 1.73. The molecule has 0 atom stereocenters. The van der Waals surface area contributed by atoms with Crippen molar-refractivity contribution in [3.63, 3.8) is 0 Å². The van der Waals surface area contributed by atoms with Gasteiger partial charge in [0.15, 0.2) is 0 Å². The standard InChI is InChI=1S/C14H14BrNOS/c15-11-1-5-13(6-2-11)17-9-10-18-14-7-3-12(16)4-8-14/h1-8H,9-10,16H2. The fraction of sp³-hybridized carbons (Fsp3) is 0.143. The fourth-order valence-electron chi connectivity index (χ4n) is 1.41. The van der Waals surface area contributed by atoms with Gasteiger partial charge < -0.3 is 10.5 Å². The lowest BCUT2D eigenvalue weighted by Crippen LogP contribution is -1.99. The maximum Gasteiger partial charge on any atom is 0.119 e. The first-order valence-corrected chi connectivity index (χ1v) is 7.38. The van der Waals surface area contributed by atoms with Gasteiger partial charge in [-0.15, -0.1) is 11.8 Å². The third-order valence-electron chi connectivity index (χ3n) is 2.31. The van der Waals surface area contributed by atoms with E-state index in [1.54, 1.807) is 11.8 Å². The summed E-state index contributed by atoms with van der Waals surface area (Å²) in [6, 6.07) is 15.7. The van der Waals surface area contributed by atoms with Crippen molar-refractivity contribution in [2.75, 3.05) is 18.1 Å². The Labute approximate surface area is 120 Å². The van der Waals surface area contributed by atoms with Gasteiger partial charge in [0.05, 0.1) is 6.61 Å². The highest BCUT2D eigenvalue weighted by Crippen LogP contribution is 2.20. The fourth-order valence-corrected chi connectivity index (χ4v) is 2.41. The minimum absolute atomic E-state index is 0.691. The average Bonchev–Trinajstić information content (AvgIpc) is 2.39. The lowest BCUT2D eigenvalue weighted by molar-refractivity contribution is 0.344. The van der Waals surface area contributed by atoms with Crippen LogP contribution in [0.1, 0.15) is 0 Å². The first-order chi connectivity index (χ1) is 8.74. The normalized spacial score (nSPS) is 10.3. The van der Waals surface area contributed by atoms with Crippen molar-refractivity contribution in [1.82, 2.24) is 0 Å². The van der Waals surface area contributed by atoms with Gasteiger partial charge in [0.2, 0.25) is 0 Å². The number of rotatable bonds is 5. The molecule has 2 aromatic rings. The molecule has 0 saturated carbocycles. The van der Waals surface area contributed by atoms with Gasteiger partial charge in [0.25, 0.3) is 0 Å². The molecule has 2 nitrogen and oxygen atoms in total. The largest absolute Gasteiger partial charge is 0.493 e. The Morgan fingerprint density at radius 3 is 2.33 bits per heavy atom. The predicted molar refractivity (Wildman–Crippen MR) is 81.2 cm³/mol. The molecule has 0 unspecified atom stereocenters. The second-order valence-electron chi connectivity index (χ2n) is 3.72. The van der Waals surface area contributed by atoms with Crippen LogP contribution in [-0.4, -0.2) is 12.4 Å². The van der Waals surface area contributed by atoms with E-state index in [1.165, 1.54) is 4.90 Å². The van der Waals surface area contributed by atoms with Crippen molar-refractivity contribution < 1.29 is 4.74 Å². The molecule has 0 aromatic heterocycles. The maximum absolute atomic E-state index is 5.64. The Bertz CT molecular complexity index is 437. The van der Waals surface area contributed by atoms with Crippen LogP contribution >= 0.6 is 27.7 Å². The number of benzene rings is 2. The molecule has 0 radical (unpaired) electrons. The van der Waals surface area contributed by atoms with Gasteiger partial charge in [-0.05, 0) is 48.5 Å². The van der Waals surface area contributed by atoms with E-state index in [4.69, 9.17) is 10.5 Å². The van der Waals surface area contributed by atoms with E-state index in [2.05, 4.69) is 15.9 Å². The Morgan fingerprint density at radius 1 is 1.00 bits per heavy atom. The number of nitrogen functional groups attached to an aromatic ring is 1. The van der Waals surface area contributed by atoms with Crippen molar-refractivity contribution in [2.45, 2.75) is 4.90 Å². The van der Waals surface area contributed by atoms with Crippen LogP contribution in [0.5, 0.6) is 5.75 Å². The Hall–Kier alpha value is -1.13. The van der Waals surface area contributed by atoms with E-state index in [1.807, 2.05) is 48.5 Å². The highest BCUT2D eigenvalue weighted by molar-refractivity contribution is 9.10. The minimum Gasteiger partial charge on any atom is -0.493 e. The van der Waals surface area contributed by atoms with E-state index in [0.29, 0.717) is 6.61 Å². The predicted octanol–water partition coefficient (Wildman–Crippen LogP) is 4.20. The SMILES string of the molecule is Nc1ccc(SCCOc2ccc(Br)cc2)cc1. The number of halogens is 1. The van der Waals surface area contributed by atoms with Gasteiger partial charge in [-0.1, -0.05) is 15.9 Å². The second kappa shape index (κ2) is 6.71. The summed E-state index contributed by atoms with van der Waals surface area (Å²) in [7, 11) is 0. The van der Waals surface area contributed by atoms with Crippen LogP contribution in [-0.2, 0) is 0 Å². The topological polar surface area (TPSA) is 35.2 Å². The van der Waals surface area contributed by atoms with Gasteiger partial charge in [-0.25, -0.2) is 0 Å². The number of hydrogen-bond acceptors (Lipinski definition) is 3. The molecule has 0 heterocycles. The number of anilines is 1. The molecule has 0 bridgehead atoms. The van der Waals surface area contributed by atoms with Crippen molar-refractivity contribution in [2.24, 2.45) is 0 Å². The Morgan fingerprint density at radius 2 is 1.67 bits per heavy atom. The lowest BCUT2D eigenvalue weighted by atomic mass is 10.3. The summed E-state index contributed by atoms with van der Waals surface area (Å²) in [5, 5.41) is 0. The molecule has 0 fully saturated rings. The van der Waals surface area contributed by atoms with E-state index in [9.17, 15) is 0 Å². The summed E-state index contributed by atoms with van der Waals surface area (Å²) in [4.78, 5) is 1.21.